The normalized spacial score (nSPS) is 17.4. The van der Waals surface area contributed by atoms with Gasteiger partial charge in [0, 0.05) is 6.54 Å². The summed E-state index contributed by atoms with van der Waals surface area (Å²) in [6, 6.07) is 7.81. The van der Waals surface area contributed by atoms with Crippen LogP contribution < -0.4 is 5.32 Å². The minimum atomic E-state index is -0.472. The summed E-state index contributed by atoms with van der Waals surface area (Å²) in [6.45, 7) is 10.3. The molecule has 1 aliphatic rings. The van der Waals surface area contributed by atoms with Gasteiger partial charge in [-0.25, -0.2) is 0 Å². The Hall–Kier alpha value is -2.27. The van der Waals surface area contributed by atoms with Crippen LogP contribution in [0.1, 0.15) is 31.9 Å². The van der Waals surface area contributed by atoms with E-state index >= 15 is 0 Å². The van der Waals surface area contributed by atoms with Crippen LogP contribution in [0.15, 0.2) is 42.5 Å². The Morgan fingerprint density at radius 3 is 2.35 bits per heavy atom. The second kappa shape index (κ2) is 6.46. The monoisotopic (exact) mass is 328 g/mol. The molecule has 0 atom stereocenters. The van der Waals surface area contributed by atoms with Crippen molar-refractivity contribution in [3.63, 3.8) is 0 Å². The lowest BCUT2D eigenvalue weighted by atomic mass is 9.86. The molecule has 4 nitrogen and oxygen atoms in total. The minimum absolute atomic E-state index is 0.0522. The summed E-state index contributed by atoms with van der Waals surface area (Å²) in [5.74, 6) is -0.876. The summed E-state index contributed by atoms with van der Waals surface area (Å²) < 4.78 is 0. The predicted molar refractivity (Wildman–Crippen MR) is 95.8 cm³/mol. The molecule has 1 heterocycles. The van der Waals surface area contributed by atoms with Crippen molar-refractivity contribution in [3.8, 4) is 0 Å². The SMILES string of the molecule is C=CCN1C(=O)/C(=C/c2ccc(C(C)(C)C)cc2)C(=O)NC1=S. The molecule has 23 heavy (non-hydrogen) atoms. The average molecular weight is 328 g/mol. The van der Waals surface area contributed by atoms with E-state index in [2.05, 4.69) is 32.7 Å². The fourth-order valence-corrected chi connectivity index (χ4v) is 2.49. The number of rotatable bonds is 3. The lowest BCUT2D eigenvalue weighted by Gasteiger charge is -2.27. The maximum Gasteiger partial charge on any atom is 0.265 e. The van der Waals surface area contributed by atoms with Gasteiger partial charge < -0.3 is 0 Å². The molecule has 1 fully saturated rings. The maximum absolute atomic E-state index is 12.4. The molecule has 0 aromatic heterocycles. The van der Waals surface area contributed by atoms with E-state index in [9.17, 15) is 9.59 Å². The molecular formula is C18H20N2O2S. The third kappa shape index (κ3) is 3.74. The summed E-state index contributed by atoms with van der Waals surface area (Å²) in [4.78, 5) is 25.8. The number of hydrogen-bond donors (Lipinski definition) is 1. The van der Waals surface area contributed by atoms with Crippen molar-refractivity contribution in [2.75, 3.05) is 6.54 Å². The van der Waals surface area contributed by atoms with E-state index in [-0.39, 0.29) is 22.6 Å². The Bertz CT molecular complexity index is 697. The van der Waals surface area contributed by atoms with Gasteiger partial charge in [0.25, 0.3) is 11.8 Å². The molecule has 1 aromatic carbocycles. The van der Waals surface area contributed by atoms with Crippen LogP contribution in [0.3, 0.4) is 0 Å². The van der Waals surface area contributed by atoms with Crippen LogP contribution in [0.2, 0.25) is 0 Å². The van der Waals surface area contributed by atoms with Gasteiger partial charge >= 0.3 is 0 Å². The standard InChI is InChI=1S/C18H20N2O2S/c1-5-10-20-16(22)14(15(21)19-17(20)23)11-12-6-8-13(9-7-12)18(2,3)4/h5-9,11H,1,10H2,2-4H3,(H,19,21,23)/b14-11+. The van der Waals surface area contributed by atoms with Crippen LogP contribution in [-0.4, -0.2) is 28.4 Å². The molecule has 1 saturated heterocycles. The number of nitrogens with zero attached hydrogens (tertiary/aromatic N) is 1. The number of nitrogens with one attached hydrogen (secondary N) is 1. The van der Waals surface area contributed by atoms with Crippen molar-refractivity contribution < 1.29 is 9.59 Å². The molecule has 2 rings (SSSR count). The molecular weight excluding hydrogens is 308 g/mol. The number of hydrogen-bond acceptors (Lipinski definition) is 3. The summed E-state index contributed by atoms with van der Waals surface area (Å²) in [5, 5.41) is 2.64. The molecule has 1 N–H and O–H groups in total. The molecule has 1 aromatic rings. The van der Waals surface area contributed by atoms with E-state index in [1.165, 1.54) is 10.5 Å². The van der Waals surface area contributed by atoms with Crippen LogP contribution in [0, 0.1) is 0 Å². The van der Waals surface area contributed by atoms with Gasteiger partial charge in [-0.3, -0.25) is 19.8 Å². The molecule has 120 valence electrons. The Morgan fingerprint density at radius 1 is 1.22 bits per heavy atom. The fourth-order valence-electron chi connectivity index (χ4n) is 2.23. The van der Waals surface area contributed by atoms with Gasteiger partial charge in [-0.15, -0.1) is 6.58 Å². The highest BCUT2D eigenvalue weighted by atomic mass is 32.1. The number of thiocarbonyl (C=S) groups is 1. The third-order valence-electron chi connectivity index (χ3n) is 3.59. The Balaban J connectivity index is 2.33. The highest BCUT2D eigenvalue weighted by Crippen LogP contribution is 2.23. The van der Waals surface area contributed by atoms with Crippen molar-refractivity contribution in [1.29, 1.82) is 0 Å². The zero-order valence-corrected chi connectivity index (χ0v) is 14.4. The predicted octanol–water partition coefficient (Wildman–Crippen LogP) is 2.80. The molecule has 0 saturated carbocycles. The van der Waals surface area contributed by atoms with Gasteiger partial charge in [0.2, 0.25) is 0 Å². The molecule has 0 bridgehead atoms. The van der Waals surface area contributed by atoms with Gasteiger partial charge in [0.05, 0.1) is 0 Å². The van der Waals surface area contributed by atoms with Crippen LogP contribution in [0.5, 0.6) is 0 Å². The first-order valence-corrected chi connectivity index (χ1v) is 7.75. The van der Waals surface area contributed by atoms with Crippen molar-refractivity contribution in [3.05, 3.63) is 53.6 Å². The Kier molecular flexibility index (Phi) is 4.80. The second-order valence-corrected chi connectivity index (χ2v) is 6.78. The van der Waals surface area contributed by atoms with Crippen LogP contribution in [0.4, 0.5) is 0 Å². The topological polar surface area (TPSA) is 49.4 Å². The maximum atomic E-state index is 12.4. The Labute approximate surface area is 141 Å². The quantitative estimate of drug-likeness (QED) is 0.402. The molecule has 0 radical (unpaired) electrons. The lowest BCUT2D eigenvalue weighted by Crippen LogP contribution is -2.53. The summed E-state index contributed by atoms with van der Waals surface area (Å²) >= 11 is 5.02. The molecule has 5 heteroatoms. The number of benzene rings is 1. The summed E-state index contributed by atoms with van der Waals surface area (Å²) in [7, 11) is 0. The van der Waals surface area contributed by atoms with Crippen LogP contribution in [0.25, 0.3) is 6.08 Å². The largest absolute Gasteiger partial charge is 0.298 e. The van der Waals surface area contributed by atoms with E-state index in [0.29, 0.717) is 0 Å². The van der Waals surface area contributed by atoms with Crippen LogP contribution in [-0.2, 0) is 15.0 Å². The molecule has 0 unspecified atom stereocenters. The van der Waals surface area contributed by atoms with Gasteiger partial charge in [0.1, 0.15) is 5.57 Å². The van der Waals surface area contributed by atoms with Crippen molar-refractivity contribution in [1.82, 2.24) is 10.2 Å². The summed E-state index contributed by atoms with van der Waals surface area (Å²) in [5.41, 5.74) is 2.11. The Morgan fingerprint density at radius 2 is 1.83 bits per heavy atom. The number of amides is 2. The van der Waals surface area contributed by atoms with Gasteiger partial charge in [-0.2, -0.15) is 0 Å². The number of carbonyl (C=O) groups is 2. The van der Waals surface area contributed by atoms with Gasteiger partial charge in [0.15, 0.2) is 5.11 Å². The first-order chi connectivity index (χ1) is 10.7. The minimum Gasteiger partial charge on any atom is -0.298 e. The van der Waals surface area contributed by atoms with E-state index in [1.54, 1.807) is 12.2 Å². The van der Waals surface area contributed by atoms with Crippen LogP contribution >= 0.6 is 12.2 Å². The fraction of sp³-hybridized carbons (Fsp3) is 0.278. The lowest BCUT2D eigenvalue weighted by molar-refractivity contribution is -0.128. The van der Waals surface area contributed by atoms with E-state index in [0.717, 1.165) is 5.56 Å². The zero-order valence-electron chi connectivity index (χ0n) is 13.6. The second-order valence-electron chi connectivity index (χ2n) is 6.39. The number of carbonyl (C=O) groups excluding carboxylic acids is 2. The smallest absolute Gasteiger partial charge is 0.265 e. The molecule has 0 spiro atoms. The average Bonchev–Trinajstić information content (AvgIpc) is 2.47. The molecule has 1 aliphatic heterocycles. The first kappa shape index (κ1) is 17.1. The van der Waals surface area contributed by atoms with E-state index < -0.39 is 11.8 Å². The highest BCUT2D eigenvalue weighted by molar-refractivity contribution is 7.80. The summed E-state index contributed by atoms with van der Waals surface area (Å²) in [6.07, 6.45) is 3.15. The van der Waals surface area contributed by atoms with Gasteiger partial charge in [-0.1, -0.05) is 51.1 Å². The van der Waals surface area contributed by atoms with Gasteiger partial charge in [-0.05, 0) is 34.8 Å². The van der Waals surface area contributed by atoms with E-state index in [4.69, 9.17) is 12.2 Å². The highest BCUT2D eigenvalue weighted by Gasteiger charge is 2.32. The van der Waals surface area contributed by atoms with Crippen molar-refractivity contribution >= 4 is 35.2 Å². The third-order valence-corrected chi connectivity index (χ3v) is 3.91. The molecule has 2 amide bonds. The van der Waals surface area contributed by atoms with Crippen molar-refractivity contribution in [2.45, 2.75) is 26.2 Å². The van der Waals surface area contributed by atoms with Crippen molar-refractivity contribution in [2.24, 2.45) is 0 Å². The van der Waals surface area contributed by atoms with E-state index in [1.807, 2.05) is 24.3 Å². The first-order valence-electron chi connectivity index (χ1n) is 7.34. The molecule has 0 aliphatic carbocycles. The zero-order chi connectivity index (χ0) is 17.2.